The minimum absolute atomic E-state index is 0.207. The predicted molar refractivity (Wildman–Crippen MR) is 139 cm³/mol. The predicted octanol–water partition coefficient (Wildman–Crippen LogP) is 7.16. The molecular formula is C30H27F3N2O3. The van der Waals surface area contributed by atoms with Crippen LogP contribution in [-0.4, -0.2) is 37.4 Å². The molecular weight excluding hydrogens is 493 g/mol. The lowest BCUT2D eigenvalue weighted by Gasteiger charge is -2.36. The Kier molecular flexibility index (Phi) is 7.81. The van der Waals surface area contributed by atoms with Gasteiger partial charge in [0.25, 0.3) is 0 Å². The van der Waals surface area contributed by atoms with Gasteiger partial charge in [0.2, 0.25) is 0 Å². The second-order valence-corrected chi connectivity index (χ2v) is 8.84. The molecule has 1 fully saturated rings. The standard InChI is InChI=1S/C30H27F3N2O3/c31-30(32,33)38-26-14-11-22(12-15-26)29(35-19-17-34-18-20-35)23-13-16-27(36-24-7-3-1-4-8-24)28(21-23)37-25-9-5-2-6-10-25/h1-16,21,29,34H,17-20H2/t29-/m0/s1. The molecule has 1 aliphatic heterocycles. The third-order valence-electron chi connectivity index (χ3n) is 6.17. The van der Waals surface area contributed by atoms with Gasteiger partial charge in [0.1, 0.15) is 17.2 Å². The van der Waals surface area contributed by atoms with Gasteiger partial charge >= 0.3 is 6.36 Å². The highest BCUT2D eigenvalue weighted by Crippen LogP contribution is 2.40. The normalized spacial score (nSPS) is 15.0. The van der Waals surface area contributed by atoms with Gasteiger partial charge in [0, 0.05) is 26.2 Å². The van der Waals surface area contributed by atoms with Gasteiger partial charge in [-0.15, -0.1) is 13.2 Å². The van der Waals surface area contributed by atoms with Crippen LogP contribution in [0, 0.1) is 0 Å². The van der Waals surface area contributed by atoms with Gasteiger partial charge in [-0.25, -0.2) is 0 Å². The van der Waals surface area contributed by atoms with Gasteiger partial charge in [-0.2, -0.15) is 0 Å². The van der Waals surface area contributed by atoms with Crippen molar-refractivity contribution < 1.29 is 27.4 Å². The molecule has 4 aromatic carbocycles. The van der Waals surface area contributed by atoms with Crippen molar-refractivity contribution in [3.63, 3.8) is 0 Å². The molecule has 0 saturated carbocycles. The zero-order valence-electron chi connectivity index (χ0n) is 20.5. The van der Waals surface area contributed by atoms with Crippen molar-refractivity contribution in [2.45, 2.75) is 12.4 Å². The SMILES string of the molecule is FC(F)(F)Oc1ccc([C@@H](c2ccc(Oc3ccccc3)c(Oc3ccccc3)c2)N2CCNCC2)cc1. The van der Waals surface area contributed by atoms with Crippen molar-refractivity contribution in [1.29, 1.82) is 0 Å². The topological polar surface area (TPSA) is 43.0 Å². The number of hydrogen-bond acceptors (Lipinski definition) is 5. The first kappa shape index (κ1) is 25.6. The third-order valence-corrected chi connectivity index (χ3v) is 6.17. The monoisotopic (exact) mass is 520 g/mol. The van der Waals surface area contributed by atoms with Crippen LogP contribution in [0.5, 0.6) is 28.7 Å². The molecule has 1 atom stereocenters. The molecule has 5 rings (SSSR count). The van der Waals surface area contributed by atoms with Crippen molar-refractivity contribution in [2.24, 2.45) is 0 Å². The van der Waals surface area contributed by atoms with E-state index in [1.165, 1.54) is 12.1 Å². The highest BCUT2D eigenvalue weighted by atomic mass is 19.4. The second-order valence-electron chi connectivity index (χ2n) is 8.84. The van der Waals surface area contributed by atoms with Crippen molar-refractivity contribution >= 4 is 0 Å². The number of nitrogens with zero attached hydrogens (tertiary/aromatic N) is 1. The fraction of sp³-hybridized carbons (Fsp3) is 0.200. The fourth-order valence-electron chi connectivity index (χ4n) is 4.50. The molecule has 1 N–H and O–H groups in total. The highest BCUT2D eigenvalue weighted by molar-refractivity contribution is 5.50. The number of rotatable bonds is 8. The van der Waals surface area contributed by atoms with E-state index in [9.17, 15) is 13.2 Å². The van der Waals surface area contributed by atoms with Crippen molar-refractivity contribution in [3.8, 4) is 28.7 Å². The number of alkyl halides is 3. The number of halogens is 3. The summed E-state index contributed by atoms with van der Waals surface area (Å²) in [5.74, 6) is 2.18. The van der Waals surface area contributed by atoms with Crippen LogP contribution in [0.1, 0.15) is 17.2 Å². The van der Waals surface area contributed by atoms with Crippen molar-refractivity contribution in [2.75, 3.05) is 26.2 Å². The Labute approximate surface area is 219 Å². The van der Waals surface area contributed by atoms with Gasteiger partial charge in [-0.3, -0.25) is 4.90 Å². The first-order valence-electron chi connectivity index (χ1n) is 12.3. The fourth-order valence-corrected chi connectivity index (χ4v) is 4.50. The number of para-hydroxylation sites is 2. The van der Waals surface area contributed by atoms with E-state index >= 15 is 0 Å². The lowest BCUT2D eigenvalue weighted by molar-refractivity contribution is -0.274. The minimum Gasteiger partial charge on any atom is -0.453 e. The van der Waals surface area contributed by atoms with E-state index in [0.29, 0.717) is 23.0 Å². The van der Waals surface area contributed by atoms with Gasteiger partial charge in [0.05, 0.1) is 6.04 Å². The second kappa shape index (κ2) is 11.6. The summed E-state index contributed by atoms with van der Waals surface area (Å²) >= 11 is 0. The molecule has 1 aliphatic rings. The number of piperazine rings is 1. The van der Waals surface area contributed by atoms with Crippen LogP contribution in [0.4, 0.5) is 13.2 Å². The molecule has 1 saturated heterocycles. The van der Waals surface area contributed by atoms with Crippen LogP contribution < -0.4 is 19.5 Å². The molecule has 0 amide bonds. The Balaban J connectivity index is 1.52. The molecule has 0 aliphatic carbocycles. The lowest BCUT2D eigenvalue weighted by atomic mass is 9.96. The number of nitrogens with one attached hydrogen (secondary N) is 1. The van der Waals surface area contributed by atoms with E-state index in [4.69, 9.17) is 9.47 Å². The molecule has 0 bridgehead atoms. The van der Waals surface area contributed by atoms with Crippen LogP contribution in [-0.2, 0) is 0 Å². The zero-order chi connectivity index (χ0) is 26.4. The first-order valence-corrected chi connectivity index (χ1v) is 12.3. The summed E-state index contributed by atoms with van der Waals surface area (Å²) in [6.45, 7) is 3.19. The summed E-state index contributed by atoms with van der Waals surface area (Å²) < 4.78 is 54.6. The van der Waals surface area contributed by atoms with Crippen LogP contribution in [0.15, 0.2) is 103 Å². The average molecular weight is 521 g/mol. The summed E-state index contributed by atoms with van der Waals surface area (Å²) in [6.07, 6.45) is -4.74. The maximum atomic E-state index is 12.7. The molecule has 8 heteroatoms. The lowest BCUT2D eigenvalue weighted by Crippen LogP contribution is -2.45. The average Bonchev–Trinajstić information content (AvgIpc) is 2.92. The smallest absolute Gasteiger partial charge is 0.453 e. The van der Waals surface area contributed by atoms with E-state index in [1.807, 2.05) is 78.9 Å². The van der Waals surface area contributed by atoms with E-state index in [2.05, 4.69) is 15.0 Å². The van der Waals surface area contributed by atoms with Gasteiger partial charge in [0.15, 0.2) is 11.5 Å². The minimum atomic E-state index is -4.74. The molecule has 38 heavy (non-hydrogen) atoms. The highest BCUT2D eigenvalue weighted by Gasteiger charge is 2.31. The summed E-state index contributed by atoms with van der Waals surface area (Å²) in [6, 6.07) is 30.5. The Morgan fingerprint density at radius 2 is 1.18 bits per heavy atom. The Morgan fingerprint density at radius 1 is 0.632 bits per heavy atom. The van der Waals surface area contributed by atoms with Crippen molar-refractivity contribution in [1.82, 2.24) is 10.2 Å². The quantitative estimate of drug-likeness (QED) is 0.267. The van der Waals surface area contributed by atoms with Crippen LogP contribution >= 0.6 is 0 Å². The largest absolute Gasteiger partial charge is 0.573 e. The van der Waals surface area contributed by atoms with Gasteiger partial charge in [-0.05, 0) is 59.7 Å². The molecule has 196 valence electrons. The Morgan fingerprint density at radius 3 is 1.76 bits per heavy atom. The van der Waals surface area contributed by atoms with Crippen molar-refractivity contribution in [3.05, 3.63) is 114 Å². The maximum absolute atomic E-state index is 12.7. The van der Waals surface area contributed by atoms with E-state index < -0.39 is 6.36 Å². The summed E-state index contributed by atoms with van der Waals surface area (Å²) in [5.41, 5.74) is 1.78. The van der Waals surface area contributed by atoms with E-state index in [1.54, 1.807) is 12.1 Å². The van der Waals surface area contributed by atoms with Crippen LogP contribution in [0.2, 0.25) is 0 Å². The molecule has 0 radical (unpaired) electrons. The molecule has 4 aromatic rings. The van der Waals surface area contributed by atoms with Gasteiger partial charge in [-0.1, -0.05) is 54.6 Å². The Hall–Kier alpha value is -4.01. The van der Waals surface area contributed by atoms with E-state index in [0.717, 1.165) is 37.3 Å². The molecule has 5 nitrogen and oxygen atoms in total. The summed E-state index contributed by atoms with van der Waals surface area (Å²) in [7, 11) is 0. The molecule has 1 heterocycles. The zero-order valence-corrected chi connectivity index (χ0v) is 20.5. The van der Waals surface area contributed by atoms with Gasteiger partial charge < -0.3 is 19.5 Å². The summed E-state index contributed by atoms with van der Waals surface area (Å²) in [5, 5.41) is 3.36. The number of ether oxygens (including phenoxy) is 3. The molecule has 0 spiro atoms. The van der Waals surface area contributed by atoms with Crippen LogP contribution in [0.3, 0.4) is 0 Å². The molecule has 0 aromatic heterocycles. The molecule has 0 unspecified atom stereocenters. The van der Waals surface area contributed by atoms with E-state index in [-0.39, 0.29) is 11.8 Å². The summed E-state index contributed by atoms with van der Waals surface area (Å²) in [4.78, 5) is 2.30. The number of hydrogen-bond donors (Lipinski definition) is 1. The maximum Gasteiger partial charge on any atom is 0.573 e. The first-order chi connectivity index (χ1) is 18.4. The Bertz CT molecular complexity index is 1310. The number of benzene rings is 4. The van der Waals surface area contributed by atoms with Crippen LogP contribution in [0.25, 0.3) is 0 Å². The third kappa shape index (κ3) is 6.65.